The van der Waals surface area contributed by atoms with Gasteiger partial charge in [-0.3, -0.25) is 0 Å². The third-order valence-corrected chi connectivity index (χ3v) is 2.92. The van der Waals surface area contributed by atoms with E-state index in [4.69, 9.17) is 17.3 Å². The molecule has 1 aromatic carbocycles. The molecule has 2 aromatic rings. The van der Waals surface area contributed by atoms with Gasteiger partial charge in [0.25, 0.3) is 0 Å². The first-order valence-electron chi connectivity index (χ1n) is 4.26. The molecule has 1 heterocycles. The Labute approximate surface area is 96.7 Å². The van der Waals surface area contributed by atoms with E-state index < -0.39 is 0 Å². The normalized spacial score (nSPS) is 10.2. The van der Waals surface area contributed by atoms with E-state index in [-0.39, 0.29) is 5.28 Å². The van der Waals surface area contributed by atoms with E-state index in [1.54, 1.807) is 0 Å². The van der Waals surface area contributed by atoms with E-state index >= 15 is 0 Å². The molecule has 0 unspecified atom stereocenters. The van der Waals surface area contributed by atoms with Gasteiger partial charge >= 0.3 is 0 Å². The molecule has 2 N–H and O–H groups in total. The van der Waals surface area contributed by atoms with E-state index in [1.165, 1.54) is 18.0 Å². The smallest absolute Gasteiger partial charge is 0.223 e. The van der Waals surface area contributed by atoms with Crippen LogP contribution in [0, 0.1) is 0 Å². The molecule has 1 aromatic heterocycles. The van der Waals surface area contributed by atoms with E-state index in [0.29, 0.717) is 10.7 Å². The maximum absolute atomic E-state index is 5.73. The van der Waals surface area contributed by atoms with Crippen LogP contribution in [0.3, 0.4) is 0 Å². The van der Waals surface area contributed by atoms with Crippen LogP contribution >= 0.6 is 23.4 Å². The van der Waals surface area contributed by atoms with Crippen molar-refractivity contribution < 1.29 is 0 Å². The lowest BCUT2D eigenvalue weighted by atomic mass is 10.4. The number of nitrogens with two attached hydrogens (primary N) is 1. The minimum atomic E-state index is 0.211. The van der Waals surface area contributed by atoms with Crippen LogP contribution in [-0.2, 0) is 0 Å². The molecule has 2 rings (SSSR count). The van der Waals surface area contributed by atoms with E-state index in [1.807, 2.05) is 30.3 Å². The standard InChI is InChI=1S/C10H8ClN3S/c11-10-13-6-8(12)9(14-10)15-7-4-2-1-3-5-7/h1-6H,12H2. The molecule has 76 valence electrons. The number of hydrogen-bond donors (Lipinski definition) is 1. The number of anilines is 1. The van der Waals surface area contributed by atoms with Crippen LogP contribution < -0.4 is 5.73 Å². The largest absolute Gasteiger partial charge is 0.395 e. The second-order valence-electron chi connectivity index (χ2n) is 2.81. The lowest BCUT2D eigenvalue weighted by Gasteiger charge is -2.03. The fourth-order valence-electron chi connectivity index (χ4n) is 1.04. The third kappa shape index (κ3) is 2.61. The van der Waals surface area contributed by atoms with Gasteiger partial charge in [0.05, 0.1) is 11.9 Å². The van der Waals surface area contributed by atoms with Gasteiger partial charge in [-0.1, -0.05) is 30.0 Å². The van der Waals surface area contributed by atoms with Gasteiger partial charge in [-0.25, -0.2) is 9.97 Å². The predicted molar refractivity (Wildman–Crippen MR) is 62.0 cm³/mol. The van der Waals surface area contributed by atoms with Gasteiger partial charge < -0.3 is 5.73 Å². The summed E-state index contributed by atoms with van der Waals surface area (Å²) < 4.78 is 0. The lowest BCUT2D eigenvalue weighted by molar-refractivity contribution is 1.06. The van der Waals surface area contributed by atoms with Gasteiger partial charge in [0.2, 0.25) is 5.28 Å². The van der Waals surface area contributed by atoms with Crippen LogP contribution in [0.1, 0.15) is 0 Å². The molecule has 0 aliphatic heterocycles. The summed E-state index contributed by atoms with van der Waals surface area (Å²) in [6.07, 6.45) is 1.51. The number of nitrogen functional groups attached to an aromatic ring is 1. The van der Waals surface area contributed by atoms with Gasteiger partial charge in [0.15, 0.2) is 0 Å². The van der Waals surface area contributed by atoms with E-state index in [2.05, 4.69) is 9.97 Å². The molecule has 5 heteroatoms. The van der Waals surface area contributed by atoms with Gasteiger partial charge in [0.1, 0.15) is 5.03 Å². The Morgan fingerprint density at radius 1 is 1.20 bits per heavy atom. The van der Waals surface area contributed by atoms with Crippen LogP contribution in [0.2, 0.25) is 5.28 Å². The van der Waals surface area contributed by atoms with Crippen molar-refractivity contribution in [1.29, 1.82) is 0 Å². The number of benzene rings is 1. The Morgan fingerprint density at radius 2 is 1.93 bits per heavy atom. The fraction of sp³-hybridized carbons (Fsp3) is 0. The zero-order valence-corrected chi connectivity index (χ0v) is 9.29. The molecular formula is C10H8ClN3S. The summed E-state index contributed by atoms with van der Waals surface area (Å²) in [5.74, 6) is 0. The van der Waals surface area contributed by atoms with E-state index in [9.17, 15) is 0 Å². The molecular weight excluding hydrogens is 230 g/mol. The van der Waals surface area contributed by atoms with Crippen LogP contribution in [-0.4, -0.2) is 9.97 Å². The molecule has 0 saturated heterocycles. The Bertz CT molecular complexity index is 461. The molecule has 15 heavy (non-hydrogen) atoms. The van der Waals surface area contributed by atoms with Crippen molar-refractivity contribution in [2.24, 2.45) is 0 Å². The molecule has 0 radical (unpaired) electrons. The maximum atomic E-state index is 5.73. The molecule has 3 nitrogen and oxygen atoms in total. The Balaban J connectivity index is 2.28. The zero-order valence-electron chi connectivity index (χ0n) is 7.72. The Morgan fingerprint density at radius 3 is 2.67 bits per heavy atom. The van der Waals surface area contributed by atoms with Crippen molar-refractivity contribution in [3.63, 3.8) is 0 Å². The van der Waals surface area contributed by atoms with Crippen molar-refractivity contribution in [1.82, 2.24) is 9.97 Å². The summed E-state index contributed by atoms with van der Waals surface area (Å²) in [5, 5.41) is 0.892. The first-order valence-corrected chi connectivity index (χ1v) is 5.46. The average Bonchev–Trinajstić information content (AvgIpc) is 2.25. The summed E-state index contributed by atoms with van der Waals surface area (Å²) in [6.45, 7) is 0. The van der Waals surface area contributed by atoms with Gasteiger partial charge in [-0.2, -0.15) is 0 Å². The van der Waals surface area contributed by atoms with Gasteiger partial charge in [-0.05, 0) is 23.7 Å². The van der Waals surface area contributed by atoms with Crippen molar-refractivity contribution in [2.45, 2.75) is 9.92 Å². The quantitative estimate of drug-likeness (QED) is 0.645. The first-order chi connectivity index (χ1) is 7.25. The topological polar surface area (TPSA) is 51.8 Å². The van der Waals surface area contributed by atoms with Crippen molar-refractivity contribution in [2.75, 3.05) is 5.73 Å². The number of aromatic nitrogens is 2. The van der Waals surface area contributed by atoms with Gasteiger partial charge in [0, 0.05) is 4.90 Å². The number of nitrogens with zero attached hydrogens (tertiary/aromatic N) is 2. The Kier molecular flexibility index (Phi) is 3.08. The molecule has 0 saturated carbocycles. The number of rotatable bonds is 2. The summed E-state index contributed by atoms with van der Waals surface area (Å²) in [4.78, 5) is 8.93. The van der Waals surface area contributed by atoms with Crippen LogP contribution in [0.4, 0.5) is 5.69 Å². The summed E-state index contributed by atoms with van der Waals surface area (Å²) in [5.41, 5.74) is 6.27. The first kappa shape index (κ1) is 10.3. The Hall–Kier alpha value is -1.26. The highest BCUT2D eigenvalue weighted by Crippen LogP contribution is 2.30. The van der Waals surface area contributed by atoms with Crippen molar-refractivity contribution in [3.05, 3.63) is 41.8 Å². The molecule has 0 aliphatic rings. The molecule has 0 atom stereocenters. The summed E-state index contributed by atoms with van der Waals surface area (Å²) in [6, 6.07) is 9.85. The van der Waals surface area contributed by atoms with Gasteiger partial charge in [-0.15, -0.1) is 0 Å². The average molecular weight is 238 g/mol. The summed E-state index contributed by atoms with van der Waals surface area (Å²) >= 11 is 7.16. The van der Waals surface area contributed by atoms with Crippen LogP contribution in [0.5, 0.6) is 0 Å². The molecule has 0 aliphatic carbocycles. The molecule has 0 fully saturated rings. The fourth-order valence-corrected chi connectivity index (χ4v) is 2.04. The predicted octanol–water partition coefficient (Wildman–Crippen LogP) is 2.86. The second kappa shape index (κ2) is 4.51. The minimum Gasteiger partial charge on any atom is -0.395 e. The van der Waals surface area contributed by atoms with Crippen molar-refractivity contribution >= 4 is 29.1 Å². The maximum Gasteiger partial charge on any atom is 0.223 e. The number of hydrogen-bond acceptors (Lipinski definition) is 4. The van der Waals surface area contributed by atoms with E-state index in [0.717, 1.165) is 4.90 Å². The van der Waals surface area contributed by atoms with Crippen LogP contribution in [0.15, 0.2) is 46.5 Å². The second-order valence-corrected chi connectivity index (χ2v) is 4.21. The third-order valence-electron chi connectivity index (χ3n) is 1.71. The zero-order chi connectivity index (χ0) is 10.7. The van der Waals surface area contributed by atoms with Crippen molar-refractivity contribution in [3.8, 4) is 0 Å². The number of halogens is 1. The highest BCUT2D eigenvalue weighted by Gasteiger charge is 2.04. The highest BCUT2D eigenvalue weighted by atomic mass is 35.5. The lowest BCUT2D eigenvalue weighted by Crippen LogP contribution is -1.94. The molecule has 0 spiro atoms. The highest BCUT2D eigenvalue weighted by molar-refractivity contribution is 7.99. The molecule has 0 bridgehead atoms. The minimum absolute atomic E-state index is 0.211. The monoisotopic (exact) mass is 237 g/mol. The SMILES string of the molecule is Nc1cnc(Cl)nc1Sc1ccccc1. The molecule has 0 amide bonds. The summed E-state index contributed by atoms with van der Waals surface area (Å²) in [7, 11) is 0. The van der Waals surface area contributed by atoms with Crippen LogP contribution in [0.25, 0.3) is 0 Å².